The summed E-state index contributed by atoms with van der Waals surface area (Å²) in [5, 5.41) is 3.04. The van der Waals surface area contributed by atoms with E-state index in [4.69, 9.17) is 16.3 Å². The summed E-state index contributed by atoms with van der Waals surface area (Å²) in [4.78, 5) is 20.3. The Morgan fingerprint density at radius 1 is 1.11 bits per heavy atom. The standard InChI is InChI=1S/C19H13ClF2N4O2/c1-11-13(20)8-5-9-14(11)28-19(21,22)15-10-16(27)26-18(23-15)24-17(25-26)12-6-3-2-4-7-12/h2-10H,1H3,(H,23,24,25). The summed E-state index contributed by atoms with van der Waals surface area (Å²) in [5.74, 6) is 0.0382. The van der Waals surface area contributed by atoms with Crippen LogP contribution in [0.1, 0.15) is 11.3 Å². The third-order valence-electron chi connectivity index (χ3n) is 4.13. The number of nitrogens with zero attached hydrogens (tertiary/aromatic N) is 3. The third kappa shape index (κ3) is 3.22. The highest BCUT2D eigenvalue weighted by Crippen LogP contribution is 2.34. The Balaban J connectivity index is 1.76. The predicted molar refractivity (Wildman–Crippen MR) is 99.8 cm³/mol. The molecule has 0 saturated heterocycles. The van der Waals surface area contributed by atoms with E-state index >= 15 is 0 Å². The molecule has 1 N–H and O–H groups in total. The molecule has 2 aromatic heterocycles. The molecule has 4 aromatic rings. The van der Waals surface area contributed by atoms with Crippen LogP contribution in [0.2, 0.25) is 5.02 Å². The molecule has 0 unspecified atom stereocenters. The molecule has 0 atom stereocenters. The lowest BCUT2D eigenvalue weighted by Crippen LogP contribution is -2.27. The lowest BCUT2D eigenvalue weighted by Gasteiger charge is -2.18. The number of alkyl halides is 2. The molecule has 28 heavy (non-hydrogen) atoms. The van der Waals surface area contributed by atoms with Crippen molar-refractivity contribution in [1.82, 2.24) is 19.6 Å². The van der Waals surface area contributed by atoms with E-state index in [1.807, 2.05) is 6.07 Å². The van der Waals surface area contributed by atoms with E-state index in [-0.39, 0.29) is 16.5 Å². The van der Waals surface area contributed by atoms with Crippen LogP contribution in [0.15, 0.2) is 59.4 Å². The van der Waals surface area contributed by atoms with Crippen LogP contribution in [0.4, 0.5) is 8.78 Å². The molecule has 0 aliphatic rings. The molecule has 4 rings (SSSR count). The maximum atomic E-state index is 14.7. The first-order valence-corrected chi connectivity index (χ1v) is 8.60. The first kappa shape index (κ1) is 18.1. The van der Waals surface area contributed by atoms with Crippen LogP contribution in [0.5, 0.6) is 5.75 Å². The van der Waals surface area contributed by atoms with Crippen molar-refractivity contribution in [2.24, 2.45) is 0 Å². The topological polar surface area (TPSA) is 72.3 Å². The molecule has 142 valence electrons. The van der Waals surface area contributed by atoms with Crippen LogP contribution in [0.3, 0.4) is 0 Å². The first-order valence-electron chi connectivity index (χ1n) is 8.23. The number of ether oxygens (including phenoxy) is 1. The summed E-state index contributed by atoms with van der Waals surface area (Å²) in [6, 6.07) is 14.1. The van der Waals surface area contributed by atoms with E-state index < -0.39 is 17.4 Å². The number of H-pyrrole nitrogens is 1. The SMILES string of the molecule is Cc1c(Cl)cccc1OC(F)(F)c1cc(=O)n2[nH]c(-c3ccccc3)nc2n1. The number of aromatic amines is 1. The van der Waals surface area contributed by atoms with Crippen molar-refractivity contribution in [3.05, 3.63) is 81.2 Å². The minimum atomic E-state index is -3.85. The van der Waals surface area contributed by atoms with Gasteiger partial charge in [0.1, 0.15) is 5.75 Å². The van der Waals surface area contributed by atoms with E-state index in [1.165, 1.54) is 12.1 Å². The number of hydrogen-bond acceptors (Lipinski definition) is 4. The van der Waals surface area contributed by atoms with Crippen molar-refractivity contribution < 1.29 is 13.5 Å². The lowest BCUT2D eigenvalue weighted by atomic mass is 10.2. The number of halogens is 3. The van der Waals surface area contributed by atoms with Gasteiger partial charge in [0.15, 0.2) is 11.5 Å². The molecule has 2 aromatic carbocycles. The second kappa shape index (κ2) is 6.72. The van der Waals surface area contributed by atoms with Gasteiger partial charge in [0.2, 0.25) is 0 Å². The zero-order valence-electron chi connectivity index (χ0n) is 14.5. The third-order valence-corrected chi connectivity index (χ3v) is 4.54. The van der Waals surface area contributed by atoms with Crippen LogP contribution in [-0.2, 0) is 6.11 Å². The summed E-state index contributed by atoms with van der Waals surface area (Å²) >= 11 is 5.95. The quantitative estimate of drug-likeness (QED) is 0.556. The minimum Gasteiger partial charge on any atom is -0.427 e. The molecule has 9 heteroatoms. The van der Waals surface area contributed by atoms with Gasteiger partial charge < -0.3 is 4.74 Å². The van der Waals surface area contributed by atoms with Gasteiger partial charge in [0, 0.05) is 22.2 Å². The fraction of sp³-hybridized carbons (Fsp3) is 0.105. The molecule has 0 radical (unpaired) electrons. The van der Waals surface area contributed by atoms with Crippen molar-refractivity contribution in [2.45, 2.75) is 13.0 Å². The van der Waals surface area contributed by atoms with Crippen LogP contribution < -0.4 is 10.3 Å². The minimum absolute atomic E-state index is 0.105. The lowest BCUT2D eigenvalue weighted by molar-refractivity contribution is -0.188. The number of benzene rings is 2. The molecule has 0 fully saturated rings. The zero-order chi connectivity index (χ0) is 19.9. The zero-order valence-corrected chi connectivity index (χ0v) is 15.2. The van der Waals surface area contributed by atoms with Gasteiger partial charge in [-0.1, -0.05) is 48.0 Å². The highest BCUT2D eigenvalue weighted by atomic mass is 35.5. The molecule has 0 spiro atoms. The van der Waals surface area contributed by atoms with Gasteiger partial charge in [-0.3, -0.25) is 9.89 Å². The summed E-state index contributed by atoms with van der Waals surface area (Å²) in [5.41, 5.74) is -0.539. The molecule has 0 aliphatic carbocycles. The maximum Gasteiger partial charge on any atom is 0.444 e. The highest BCUT2D eigenvalue weighted by Gasteiger charge is 2.38. The van der Waals surface area contributed by atoms with Gasteiger partial charge in [-0.2, -0.15) is 18.3 Å². The second-order valence-corrected chi connectivity index (χ2v) is 6.44. The van der Waals surface area contributed by atoms with E-state index in [0.717, 1.165) is 4.52 Å². The Labute approximate surface area is 162 Å². The molecule has 0 saturated carbocycles. The van der Waals surface area contributed by atoms with Crippen molar-refractivity contribution in [1.29, 1.82) is 0 Å². The van der Waals surface area contributed by atoms with E-state index in [0.29, 0.717) is 23.0 Å². The van der Waals surface area contributed by atoms with E-state index in [9.17, 15) is 13.6 Å². The Morgan fingerprint density at radius 3 is 2.61 bits per heavy atom. The smallest absolute Gasteiger partial charge is 0.427 e. The normalized spacial score (nSPS) is 11.7. The number of hydrogen-bond donors (Lipinski definition) is 1. The fourth-order valence-corrected chi connectivity index (χ4v) is 2.81. The number of nitrogens with one attached hydrogen (secondary N) is 1. The number of aromatic nitrogens is 4. The Bertz CT molecular complexity index is 1220. The molecular formula is C19H13ClF2N4O2. The molecule has 0 amide bonds. The van der Waals surface area contributed by atoms with Gasteiger partial charge in [-0.25, -0.2) is 4.98 Å². The van der Waals surface area contributed by atoms with Gasteiger partial charge in [-0.15, -0.1) is 0 Å². The number of fused-ring (bicyclic) bond motifs is 1. The van der Waals surface area contributed by atoms with Crippen molar-refractivity contribution in [2.75, 3.05) is 0 Å². The summed E-state index contributed by atoms with van der Waals surface area (Å²) < 4.78 is 35.2. The fourth-order valence-electron chi connectivity index (χ4n) is 2.64. The Morgan fingerprint density at radius 2 is 1.86 bits per heavy atom. The summed E-state index contributed by atoms with van der Waals surface area (Å²) in [6.07, 6.45) is -3.85. The average Bonchev–Trinajstić information content (AvgIpc) is 3.11. The van der Waals surface area contributed by atoms with Crippen molar-refractivity contribution in [3.8, 4) is 17.1 Å². The van der Waals surface area contributed by atoms with Gasteiger partial charge >= 0.3 is 6.11 Å². The second-order valence-electron chi connectivity index (χ2n) is 6.04. The number of rotatable bonds is 4. The molecule has 6 nitrogen and oxygen atoms in total. The van der Waals surface area contributed by atoms with E-state index in [1.54, 1.807) is 37.3 Å². The molecular weight excluding hydrogens is 390 g/mol. The van der Waals surface area contributed by atoms with Gasteiger partial charge in [0.25, 0.3) is 11.3 Å². The van der Waals surface area contributed by atoms with Crippen LogP contribution >= 0.6 is 11.6 Å². The molecule has 2 heterocycles. The van der Waals surface area contributed by atoms with Crippen LogP contribution in [0.25, 0.3) is 17.2 Å². The molecule has 0 bridgehead atoms. The van der Waals surface area contributed by atoms with Gasteiger partial charge in [-0.05, 0) is 19.1 Å². The van der Waals surface area contributed by atoms with Crippen molar-refractivity contribution in [3.63, 3.8) is 0 Å². The highest BCUT2D eigenvalue weighted by molar-refractivity contribution is 6.31. The monoisotopic (exact) mass is 402 g/mol. The molecule has 0 aliphatic heterocycles. The van der Waals surface area contributed by atoms with E-state index in [2.05, 4.69) is 15.1 Å². The van der Waals surface area contributed by atoms with Gasteiger partial charge in [0.05, 0.1) is 0 Å². The van der Waals surface area contributed by atoms with Crippen LogP contribution in [0, 0.1) is 6.92 Å². The van der Waals surface area contributed by atoms with Crippen molar-refractivity contribution >= 4 is 17.4 Å². The van der Waals surface area contributed by atoms with Crippen LogP contribution in [-0.4, -0.2) is 19.6 Å². The predicted octanol–water partition coefficient (Wildman–Crippen LogP) is 4.17. The maximum absolute atomic E-state index is 14.7. The average molecular weight is 403 g/mol. The summed E-state index contributed by atoms with van der Waals surface area (Å²) in [7, 11) is 0. The Hall–Kier alpha value is -3.26. The Kier molecular flexibility index (Phi) is 4.35. The summed E-state index contributed by atoms with van der Waals surface area (Å²) in [6.45, 7) is 1.55. The first-order chi connectivity index (χ1) is 13.3. The largest absolute Gasteiger partial charge is 0.444 e.